The number of nitrogens with zero attached hydrogens (tertiary/aromatic N) is 1. The van der Waals surface area contributed by atoms with Crippen molar-refractivity contribution in [3.05, 3.63) is 70.2 Å². The predicted molar refractivity (Wildman–Crippen MR) is 78.9 cm³/mol. The lowest BCUT2D eigenvalue weighted by atomic mass is 10.0. The van der Waals surface area contributed by atoms with E-state index < -0.39 is 0 Å². The Hall–Kier alpha value is -1.56. The number of hydrogen-bond acceptors (Lipinski definition) is 1. The molecule has 2 aromatic rings. The van der Waals surface area contributed by atoms with Crippen LogP contribution in [0.4, 0.5) is 0 Å². The highest BCUT2D eigenvalue weighted by atomic mass is 79.9. The van der Waals surface area contributed by atoms with Crippen LogP contribution < -0.4 is 0 Å². The molecule has 2 aromatic carbocycles. The van der Waals surface area contributed by atoms with Crippen LogP contribution in [0, 0.1) is 11.3 Å². The van der Waals surface area contributed by atoms with E-state index in [2.05, 4.69) is 22.0 Å². The van der Waals surface area contributed by atoms with E-state index in [0.29, 0.717) is 10.6 Å². The van der Waals surface area contributed by atoms with E-state index in [4.69, 9.17) is 11.6 Å². The largest absolute Gasteiger partial charge is 0.192 e. The maximum atomic E-state index is 9.26. The Bertz CT molecular complexity index is 609. The average Bonchev–Trinajstić information content (AvgIpc) is 2.41. The van der Waals surface area contributed by atoms with Crippen molar-refractivity contribution in [1.82, 2.24) is 0 Å². The SMILES string of the molecule is N#CC(=C(Cl)c1ccc(Br)cc1)c1ccccc1. The van der Waals surface area contributed by atoms with Crippen LogP contribution >= 0.6 is 27.5 Å². The van der Waals surface area contributed by atoms with E-state index in [9.17, 15) is 5.26 Å². The van der Waals surface area contributed by atoms with Crippen molar-refractivity contribution in [1.29, 1.82) is 5.26 Å². The lowest BCUT2D eigenvalue weighted by Gasteiger charge is -2.04. The molecule has 1 nitrogen and oxygen atoms in total. The van der Waals surface area contributed by atoms with Crippen LogP contribution in [0.2, 0.25) is 0 Å². The van der Waals surface area contributed by atoms with Crippen LogP contribution in [-0.4, -0.2) is 0 Å². The predicted octanol–water partition coefficient (Wildman–Crippen LogP) is 5.08. The first-order chi connectivity index (χ1) is 8.72. The molecule has 3 heteroatoms. The number of rotatable bonds is 2. The summed E-state index contributed by atoms with van der Waals surface area (Å²) in [6.45, 7) is 0. The first-order valence-corrected chi connectivity index (χ1v) is 6.50. The minimum absolute atomic E-state index is 0.469. The van der Waals surface area contributed by atoms with Crippen molar-refractivity contribution in [2.75, 3.05) is 0 Å². The van der Waals surface area contributed by atoms with Gasteiger partial charge in [0.05, 0.1) is 10.6 Å². The molecule has 2 rings (SSSR count). The summed E-state index contributed by atoms with van der Waals surface area (Å²) in [5.74, 6) is 0. The molecule has 0 spiro atoms. The van der Waals surface area contributed by atoms with Crippen molar-refractivity contribution in [2.24, 2.45) is 0 Å². The van der Waals surface area contributed by atoms with Gasteiger partial charge in [0.1, 0.15) is 6.07 Å². The molecule has 0 unspecified atom stereocenters. The molecule has 88 valence electrons. The zero-order chi connectivity index (χ0) is 13.0. The van der Waals surface area contributed by atoms with Gasteiger partial charge in [-0.2, -0.15) is 5.26 Å². The Balaban J connectivity index is 2.51. The maximum Gasteiger partial charge on any atom is 0.101 e. The third kappa shape index (κ3) is 2.81. The Morgan fingerprint density at radius 3 is 2.11 bits per heavy atom. The molecule has 0 saturated carbocycles. The number of halogens is 2. The Kier molecular flexibility index (Phi) is 4.19. The first-order valence-electron chi connectivity index (χ1n) is 5.33. The van der Waals surface area contributed by atoms with Gasteiger partial charge in [0.15, 0.2) is 0 Å². The van der Waals surface area contributed by atoms with Gasteiger partial charge in [-0.15, -0.1) is 0 Å². The molecule has 18 heavy (non-hydrogen) atoms. The molecule has 0 aliphatic carbocycles. The second-order valence-electron chi connectivity index (χ2n) is 3.67. The number of allylic oxidation sites excluding steroid dienone is 1. The number of nitriles is 1. The normalized spacial score (nSPS) is 11.6. The quantitative estimate of drug-likeness (QED) is 0.559. The summed E-state index contributed by atoms with van der Waals surface area (Å²) < 4.78 is 0.980. The van der Waals surface area contributed by atoms with Gasteiger partial charge in [-0.25, -0.2) is 0 Å². The molecule has 0 bridgehead atoms. The highest BCUT2D eigenvalue weighted by Crippen LogP contribution is 2.29. The smallest absolute Gasteiger partial charge is 0.101 e. The van der Waals surface area contributed by atoms with Gasteiger partial charge >= 0.3 is 0 Å². The summed E-state index contributed by atoms with van der Waals surface area (Å²) in [5, 5.41) is 9.73. The molecule has 0 saturated heterocycles. The molecule has 0 aliphatic rings. The van der Waals surface area contributed by atoms with Crippen LogP contribution in [0.1, 0.15) is 11.1 Å². The average molecular weight is 319 g/mol. The van der Waals surface area contributed by atoms with Crippen molar-refractivity contribution in [2.45, 2.75) is 0 Å². The third-order valence-electron chi connectivity index (χ3n) is 2.49. The minimum atomic E-state index is 0.469. The summed E-state index contributed by atoms with van der Waals surface area (Å²) in [5.41, 5.74) is 2.15. The van der Waals surface area contributed by atoms with E-state index in [1.54, 1.807) is 0 Å². The van der Waals surface area contributed by atoms with Gasteiger partial charge < -0.3 is 0 Å². The molecular formula is C15H9BrClN. The fraction of sp³-hybridized carbons (Fsp3) is 0. The van der Waals surface area contributed by atoms with E-state index in [1.165, 1.54) is 0 Å². The molecule has 0 radical (unpaired) electrons. The number of hydrogen-bond donors (Lipinski definition) is 0. The zero-order valence-corrected chi connectivity index (χ0v) is 11.7. The van der Waals surface area contributed by atoms with Crippen LogP contribution in [-0.2, 0) is 0 Å². The molecule has 0 aromatic heterocycles. The number of benzene rings is 2. The summed E-state index contributed by atoms with van der Waals surface area (Å²) in [6.07, 6.45) is 0. The van der Waals surface area contributed by atoms with Gasteiger partial charge in [0.25, 0.3) is 0 Å². The molecule has 0 aliphatic heterocycles. The lowest BCUT2D eigenvalue weighted by molar-refractivity contribution is 1.52. The molecule has 0 atom stereocenters. The van der Waals surface area contributed by atoms with Crippen LogP contribution in [0.25, 0.3) is 10.6 Å². The Morgan fingerprint density at radius 2 is 1.56 bits per heavy atom. The third-order valence-corrected chi connectivity index (χ3v) is 3.43. The molecule has 0 amide bonds. The molecule has 0 N–H and O–H groups in total. The first kappa shape index (κ1) is 12.9. The molecular weight excluding hydrogens is 310 g/mol. The monoisotopic (exact) mass is 317 g/mol. The van der Waals surface area contributed by atoms with Gasteiger partial charge in [0, 0.05) is 4.47 Å². The van der Waals surface area contributed by atoms with Gasteiger partial charge in [-0.3, -0.25) is 0 Å². The van der Waals surface area contributed by atoms with Crippen molar-refractivity contribution in [3.63, 3.8) is 0 Å². The van der Waals surface area contributed by atoms with Crippen molar-refractivity contribution in [3.8, 4) is 6.07 Å². The van der Waals surface area contributed by atoms with Crippen LogP contribution in [0.5, 0.6) is 0 Å². The Labute approximate surface area is 119 Å². The second kappa shape index (κ2) is 5.86. The van der Waals surface area contributed by atoms with Crippen molar-refractivity contribution < 1.29 is 0 Å². The van der Waals surface area contributed by atoms with Gasteiger partial charge in [0.2, 0.25) is 0 Å². The van der Waals surface area contributed by atoms with Crippen LogP contribution in [0.15, 0.2) is 59.1 Å². The summed E-state index contributed by atoms with van der Waals surface area (Å²) in [4.78, 5) is 0. The fourth-order valence-electron chi connectivity index (χ4n) is 1.59. The highest BCUT2D eigenvalue weighted by Gasteiger charge is 2.08. The highest BCUT2D eigenvalue weighted by molar-refractivity contribution is 9.10. The van der Waals surface area contributed by atoms with Gasteiger partial charge in [-0.05, 0) is 23.3 Å². The summed E-state index contributed by atoms with van der Waals surface area (Å²) >= 11 is 9.67. The van der Waals surface area contributed by atoms with E-state index in [1.807, 2.05) is 54.6 Å². The topological polar surface area (TPSA) is 23.8 Å². The zero-order valence-electron chi connectivity index (χ0n) is 9.40. The molecule has 0 fully saturated rings. The second-order valence-corrected chi connectivity index (χ2v) is 4.97. The minimum Gasteiger partial charge on any atom is -0.192 e. The van der Waals surface area contributed by atoms with E-state index >= 15 is 0 Å². The summed E-state index contributed by atoms with van der Waals surface area (Å²) in [7, 11) is 0. The summed E-state index contributed by atoms with van der Waals surface area (Å²) in [6, 6.07) is 19.2. The lowest BCUT2D eigenvalue weighted by Crippen LogP contribution is -1.85. The van der Waals surface area contributed by atoms with E-state index in [-0.39, 0.29) is 0 Å². The van der Waals surface area contributed by atoms with E-state index in [0.717, 1.165) is 15.6 Å². The maximum absolute atomic E-state index is 9.26. The standard InChI is InChI=1S/C15H9BrClN/c16-13-8-6-12(7-9-13)15(17)14(10-18)11-4-2-1-3-5-11/h1-9H. The fourth-order valence-corrected chi connectivity index (χ4v) is 2.13. The van der Waals surface area contributed by atoms with Crippen LogP contribution in [0.3, 0.4) is 0 Å². The Morgan fingerprint density at radius 1 is 0.944 bits per heavy atom. The van der Waals surface area contributed by atoms with Gasteiger partial charge in [-0.1, -0.05) is 70.0 Å². The molecule has 0 heterocycles. The van der Waals surface area contributed by atoms with Crippen molar-refractivity contribution >= 4 is 38.1 Å².